The van der Waals surface area contributed by atoms with Crippen LogP contribution in [0.5, 0.6) is 5.75 Å². The van der Waals surface area contributed by atoms with Crippen LogP contribution in [0.2, 0.25) is 0 Å². The van der Waals surface area contributed by atoms with Crippen molar-refractivity contribution in [3.05, 3.63) is 48.5 Å². The molecule has 1 aliphatic rings. The van der Waals surface area contributed by atoms with Gasteiger partial charge in [0.05, 0.1) is 6.04 Å². The first-order valence-corrected chi connectivity index (χ1v) is 10.6. The van der Waals surface area contributed by atoms with Crippen LogP contribution in [0, 0.1) is 0 Å². The normalized spacial score (nSPS) is 16.8. The summed E-state index contributed by atoms with van der Waals surface area (Å²) in [7, 11) is 0. The van der Waals surface area contributed by atoms with Crippen LogP contribution < -0.4 is 15.5 Å². The van der Waals surface area contributed by atoms with Gasteiger partial charge in [0.2, 0.25) is 0 Å². The molecule has 3 amide bonds. The highest BCUT2D eigenvalue weighted by molar-refractivity contribution is 7.99. The summed E-state index contributed by atoms with van der Waals surface area (Å²) in [6.07, 6.45) is -4.73. The number of ether oxygens (including phenoxy) is 1. The fraction of sp³-hybridized carbons (Fsp3) is 0.333. The number of hydrogen-bond donors (Lipinski definition) is 3. The standard InChI is InChI=1S/C21H22F3N3O4S/c1-20(2)18(28)27(19(29)25-20)11-15(26-30)12-32-17-9-5-14(6-10-17)13-3-7-16(8-4-13)31-21(22,23)24/h3-10,15,26,30H,11-12H2,1-2H3,(H,25,29). The minimum Gasteiger partial charge on any atom is -0.406 e. The van der Waals surface area contributed by atoms with Gasteiger partial charge >= 0.3 is 12.4 Å². The van der Waals surface area contributed by atoms with E-state index in [1.807, 2.05) is 24.3 Å². The molecule has 0 saturated carbocycles. The Balaban J connectivity index is 1.57. The quantitative estimate of drug-likeness (QED) is 0.307. The van der Waals surface area contributed by atoms with Crippen molar-refractivity contribution < 1.29 is 32.7 Å². The Bertz CT molecular complexity index is 966. The summed E-state index contributed by atoms with van der Waals surface area (Å²) in [4.78, 5) is 26.2. The molecular formula is C21H22F3N3O4S. The number of thioether (sulfide) groups is 1. The Kier molecular flexibility index (Phi) is 7.01. The number of imide groups is 1. The average Bonchev–Trinajstić information content (AvgIpc) is 2.92. The number of amides is 3. The predicted molar refractivity (Wildman–Crippen MR) is 112 cm³/mol. The van der Waals surface area contributed by atoms with Gasteiger partial charge in [-0.05, 0) is 49.2 Å². The molecule has 1 heterocycles. The van der Waals surface area contributed by atoms with Gasteiger partial charge in [-0.15, -0.1) is 24.9 Å². The Morgan fingerprint density at radius 3 is 2.12 bits per heavy atom. The molecule has 2 aromatic carbocycles. The van der Waals surface area contributed by atoms with Crippen molar-refractivity contribution in [2.75, 3.05) is 12.3 Å². The third-order valence-electron chi connectivity index (χ3n) is 4.76. The lowest BCUT2D eigenvalue weighted by Gasteiger charge is -2.21. The molecule has 1 fully saturated rings. The van der Waals surface area contributed by atoms with Crippen LogP contribution in [0.15, 0.2) is 53.4 Å². The first-order chi connectivity index (χ1) is 15.0. The molecule has 32 heavy (non-hydrogen) atoms. The third kappa shape index (κ3) is 5.93. The van der Waals surface area contributed by atoms with E-state index in [4.69, 9.17) is 0 Å². The summed E-state index contributed by atoms with van der Waals surface area (Å²) in [5.74, 6) is -0.259. The van der Waals surface area contributed by atoms with Crippen LogP contribution in [0.1, 0.15) is 13.8 Å². The molecule has 1 aliphatic heterocycles. The number of nitrogens with one attached hydrogen (secondary N) is 2. The number of halogens is 3. The summed E-state index contributed by atoms with van der Waals surface area (Å²) in [5.41, 5.74) is 2.70. The summed E-state index contributed by atoms with van der Waals surface area (Å²) < 4.78 is 40.7. The van der Waals surface area contributed by atoms with Gasteiger partial charge in [0.25, 0.3) is 5.91 Å². The van der Waals surface area contributed by atoms with Crippen LogP contribution in [0.25, 0.3) is 11.1 Å². The molecule has 11 heteroatoms. The van der Waals surface area contributed by atoms with Gasteiger partial charge in [-0.3, -0.25) is 9.69 Å². The zero-order chi connectivity index (χ0) is 23.5. The molecule has 0 aromatic heterocycles. The van der Waals surface area contributed by atoms with Crippen LogP contribution in [0.3, 0.4) is 0 Å². The van der Waals surface area contributed by atoms with E-state index >= 15 is 0 Å². The molecule has 7 nitrogen and oxygen atoms in total. The monoisotopic (exact) mass is 469 g/mol. The van der Waals surface area contributed by atoms with E-state index in [1.54, 1.807) is 13.8 Å². The van der Waals surface area contributed by atoms with E-state index in [0.717, 1.165) is 20.9 Å². The maximum Gasteiger partial charge on any atom is 0.573 e. The second kappa shape index (κ2) is 9.39. The molecule has 1 unspecified atom stereocenters. The number of hydrogen-bond acceptors (Lipinski definition) is 6. The number of benzene rings is 2. The highest BCUT2D eigenvalue weighted by Crippen LogP contribution is 2.28. The zero-order valence-corrected chi connectivity index (χ0v) is 18.1. The highest BCUT2D eigenvalue weighted by atomic mass is 32.2. The SMILES string of the molecule is CC1(C)NC(=O)N(CC(CSc2ccc(-c3ccc(OC(F)(F)F)cc3)cc2)NO)C1=O. The van der Waals surface area contributed by atoms with Gasteiger partial charge in [-0.25, -0.2) is 4.79 Å². The molecule has 3 rings (SSSR count). The Hall–Kier alpha value is -2.76. The lowest BCUT2D eigenvalue weighted by Crippen LogP contribution is -2.45. The average molecular weight is 469 g/mol. The number of hydroxylamine groups is 1. The molecule has 0 spiro atoms. The smallest absolute Gasteiger partial charge is 0.406 e. The van der Waals surface area contributed by atoms with E-state index in [2.05, 4.69) is 15.5 Å². The van der Waals surface area contributed by atoms with Crippen LogP contribution >= 0.6 is 11.8 Å². The van der Waals surface area contributed by atoms with E-state index in [9.17, 15) is 28.0 Å². The van der Waals surface area contributed by atoms with Crippen LogP contribution in [-0.2, 0) is 4.79 Å². The number of carbonyl (C=O) groups excluding carboxylic acids is 2. The maximum atomic E-state index is 12.3. The fourth-order valence-corrected chi connectivity index (χ4v) is 4.03. The molecule has 0 aliphatic carbocycles. The van der Waals surface area contributed by atoms with Gasteiger partial charge in [0.1, 0.15) is 11.3 Å². The second-order valence-corrected chi connectivity index (χ2v) is 8.80. The Morgan fingerprint density at radius 1 is 1.09 bits per heavy atom. The van der Waals surface area contributed by atoms with E-state index in [1.165, 1.54) is 36.0 Å². The van der Waals surface area contributed by atoms with E-state index < -0.39 is 24.0 Å². The van der Waals surface area contributed by atoms with Crippen molar-refractivity contribution in [3.63, 3.8) is 0 Å². The fourth-order valence-electron chi connectivity index (χ4n) is 3.12. The number of rotatable bonds is 8. The minimum absolute atomic E-state index is 0.0159. The number of carbonyl (C=O) groups is 2. The van der Waals surface area contributed by atoms with E-state index in [-0.39, 0.29) is 18.2 Å². The summed E-state index contributed by atoms with van der Waals surface area (Å²) in [6, 6.07) is 11.9. The highest BCUT2D eigenvalue weighted by Gasteiger charge is 2.44. The van der Waals surface area contributed by atoms with Crippen molar-refractivity contribution in [1.29, 1.82) is 0 Å². The number of nitrogens with zero attached hydrogens (tertiary/aromatic N) is 1. The molecule has 1 atom stereocenters. The minimum atomic E-state index is -4.73. The van der Waals surface area contributed by atoms with Crippen molar-refractivity contribution in [1.82, 2.24) is 15.7 Å². The second-order valence-electron chi connectivity index (χ2n) is 7.70. The van der Waals surface area contributed by atoms with Gasteiger partial charge < -0.3 is 15.3 Å². The summed E-state index contributed by atoms with van der Waals surface area (Å²) in [5, 5.41) is 12.0. The lowest BCUT2D eigenvalue weighted by atomic mass is 10.1. The van der Waals surface area contributed by atoms with Crippen molar-refractivity contribution in [3.8, 4) is 16.9 Å². The first kappa shape index (κ1) is 23.9. The van der Waals surface area contributed by atoms with Gasteiger partial charge in [0.15, 0.2) is 0 Å². The van der Waals surface area contributed by atoms with Crippen molar-refractivity contribution >= 4 is 23.7 Å². The van der Waals surface area contributed by atoms with Crippen LogP contribution in [0.4, 0.5) is 18.0 Å². The molecule has 1 saturated heterocycles. The maximum absolute atomic E-state index is 12.3. The topological polar surface area (TPSA) is 90.9 Å². The predicted octanol–water partition coefficient (Wildman–Crippen LogP) is 4.02. The Labute approximate surface area is 186 Å². The summed E-state index contributed by atoms with van der Waals surface area (Å²) in [6.45, 7) is 3.24. The molecule has 0 radical (unpaired) electrons. The van der Waals surface area contributed by atoms with Gasteiger partial charge in [-0.1, -0.05) is 24.3 Å². The largest absolute Gasteiger partial charge is 0.573 e. The zero-order valence-electron chi connectivity index (χ0n) is 17.3. The lowest BCUT2D eigenvalue weighted by molar-refractivity contribution is -0.274. The molecule has 3 N–H and O–H groups in total. The van der Waals surface area contributed by atoms with Gasteiger partial charge in [0, 0.05) is 17.2 Å². The molecule has 172 valence electrons. The van der Waals surface area contributed by atoms with Gasteiger partial charge in [-0.2, -0.15) is 5.48 Å². The van der Waals surface area contributed by atoms with E-state index in [0.29, 0.717) is 5.75 Å². The number of alkyl halides is 3. The Morgan fingerprint density at radius 2 is 1.66 bits per heavy atom. The first-order valence-electron chi connectivity index (χ1n) is 9.61. The molecule has 0 bridgehead atoms. The van der Waals surface area contributed by atoms with Crippen molar-refractivity contribution in [2.24, 2.45) is 0 Å². The number of urea groups is 1. The molecular weight excluding hydrogens is 447 g/mol. The van der Waals surface area contributed by atoms with Crippen LogP contribution in [-0.4, -0.2) is 52.3 Å². The summed E-state index contributed by atoms with van der Waals surface area (Å²) >= 11 is 1.41. The van der Waals surface area contributed by atoms with Crippen molar-refractivity contribution in [2.45, 2.75) is 36.7 Å². The molecule has 2 aromatic rings. The third-order valence-corrected chi connectivity index (χ3v) is 5.93.